The van der Waals surface area contributed by atoms with Crippen molar-refractivity contribution in [3.8, 4) is 5.75 Å². The molecular weight excluding hydrogens is 268 g/mol. The predicted octanol–water partition coefficient (Wildman–Crippen LogP) is 3.98. The van der Waals surface area contributed by atoms with Crippen molar-refractivity contribution in [3.05, 3.63) is 36.4 Å². The summed E-state index contributed by atoms with van der Waals surface area (Å²) in [6.07, 6.45) is 2.75. The third-order valence-corrected chi connectivity index (χ3v) is 6.23. The van der Waals surface area contributed by atoms with E-state index >= 15 is 0 Å². The molecule has 106 valence electrons. The smallest absolute Gasteiger partial charge is 0.189 e. The van der Waals surface area contributed by atoms with E-state index < -0.39 is 0 Å². The van der Waals surface area contributed by atoms with Crippen LogP contribution in [0.15, 0.2) is 41.3 Å². The lowest BCUT2D eigenvalue weighted by Crippen LogP contribution is -2.05. The Hall–Kier alpha value is -1.19. The summed E-state index contributed by atoms with van der Waals surface area (Å²) < 4.78 is 11.1. The van der Waals surface area contributed by atoms with Crippen LogP contribution in [0.25, 0.3) is 10.8 Å². The molecule has 2 aromatic carbocycles. The average molecular weight is 289 g/mol. The molecule has 0 radical (unpaired) electrons. The van der Waals surface area contributed by atoms with E-state index in [1.807, 2.05) is 13.0 Å². The van der Waals surface area contributed by atoms with Gasteiger partial charge in [0.25, 0.3) is 0 Å². The normalized spacial score (nSPS) is 15.8. The van der Waals surface area contributed by atoms with Crippen LogP contribution in [0.4, 0.5) is 0 Å². The Morgan fingerprint density at radius 3 is 2.55 bits per heavy atom. The van der Waals surface area contributed by atoms with Crippen LogP contribution < -0.4 is 4.74 Å². The zero-order valence-electron chi connectivity index (χ0n) is 11.9. The largest absolute Gasteiger partial charge is 0.467 e. The van der Waals surface area contributed by atoms with Gasteiger partial charge in [0.2, 0.25) is 0 Å². The summed E-state index contributed by atoms with van der Waals surface area (Å²) in [5.41, 5.74) is 0. The molecule has 0 aliphatic carbocycles. The Bertz CT molecular complexity index is 576. The lowest BCUT2D eigenvalue weighted by Gasteiger charge is -2.10. The number of hydrogen-bond acceptors (Lipinski definition) is 2. The van der Waals surface area contributed by atoms with Gasteiger partial charge >= 0.3 is 0 Å². The number of benzene rings is 2. The van der Waals surface area contributed by atoms with Gasteiger partial charge in [0.1, 0.15) is 17.3 Å². The lowest BCUT2D eigenvalue weighted by atomic mass is 10.1. The fourth-order valence-electron chi connectivity index (χ4n) is 2.69. The maximum absolute atomic E-state index is 5.76. The van der Waals surface area contributed by atoms with Gasteiger partial charge in [0, 0.05) is 28.3 Å². The van der Waals surface area contributed by atoms with Crippen molar-refractivity contribution in [2.75, 3.05) is 24.9 Å². The first-order valence-electron chi connectivity index (χ1n) is 7.30. The predicted molar refractivity (Wildman–Crippen MR) is 85.7 cm³/mol. The summed E-state index contributed by atoms with van der Waals surface area (Å²) in [4.78, 5) is 1.52. The van der Waals surface area contributed by atoms with E-state index in [0.717, 1.165) is 5.75 Å². The van der Waals surface area contributed by atoms with Crippen molar-refractivity contribution < 1.29 is 9.47 Å². The summed E-state index contributed by atoms with van der Waals surface area (Å²) in [6, 6.07) is 13.0. The van der Waals surface area contributed by atoms with E-state index in [-0.39, 0.29) is 0 Å². The van der Waals surface area contributed by atoms with Gasteiger partial charge < -0.3 is 9.47 Å². The fourth-order valence-corrected chi connectivity index (χ4v) is 5.20. The molecule has 0 aromatic heterocycles. The molecule has 3 rings (SSSR count). The van der Waals surface area contributed by atoms with Crippen molar-refractivity contribution in [2.45, 2.75) is 24.7 Å². The minimum Gasteiger partial charge on any atom is -0.467 e. The van der Waals surface area contributed by atoms with Gasteiger partial charge in [0.05, 0.1) is 0 Å². The highest BCUT2D eigenvalue weighted by Gasteiger charge is 2.28. The molecule has 0 unspecified atom stereocenters. The highest BCUT2D eigenvalue weighted by molar-refractivity contribution is 7.97. The molecule has 0 N–H and O–H groups in total. The molecule has 2 aromatic rings. The first-order valence-corrected chi connectivity index (χ1v) is 8.86. The summed E-state index contributed by atoms with van der Waals surface area (Å²) in [5, 5.41) is 2.57. The molecule has 1 aliphatic rings. The van der Waals surface area contributed by atoms with Crippen LogP contribution >= 0.6 is 0 Å². The second-order valence-electron chi connectivity index (χ2n) is 4.97. The lowest BCUT2D eigenvalue weighted by molar-refractivity contribution is 0.0233. The molecule has 0 amide bonds. The minimum absolute atomic E-state index is 0.325. The van der Waals surface area contributed by atoms with E-state index in [9.17, 15) is 0 Å². The third-order valence-electron chi connectivity index (χ3n) is 3.69. The van der Waals surface area contributed by atoms with E-state index in [1.165, 1.54) is 40.0 Å². The van der Waals surface area contributed by atoms with Gasteiger partial charge in [0.15, 0.2) is 11.7 Å². The van der Waals surface area contributed by atoms with Crippen LogP contribution in [-0.4, -0.2) is 24.9 Å². The van der Waals surface area contributed by atoms with Gasteiger partial charge in [-0.05, 0) is 38.0 Å². The summed E-state index contributed by atoms with van der Waals surface area (Å²) in [5.74, 6) is 3.63. The Kier molecular flexibility index (Phi) is 4.48. The van der Waals surface area contributed by atoms with Gasteiger partial charge in [-0.1, -0.05) is 18.2 Å². The van der Waals surface area contributed by atoms with Gasteiger partial charge in [-0.25, -0.2) is 0 Å². The van der Waals surface area contributed by atoms with Gasteiger partial charge in [-0.3, -0.25) is 0 Å². The van der Waals surface area contributed by atoms with E-state index in [4.69, 9.17) is 9.47 Å². The summed E-state index contributed by atoms with van der Waals surface area (Å²) in [7, 11) is 0.432. The summed E-state index contributed by atoms with van der Waals surface area (Å²) in [6.45, 7) is 2.98. The molecule has 20 heavy (non-hydrogen) atoms. The second kappa shape index (κ2) is 6.51. The number of rotatable bonds is 5. The fraction of sp³-hybridized carbons (Fsp3) is 0.412. The van der Waals surface area contributed by atoms with Crippen LogP contribution in [0.2, 0.25) is 0 Å². The first kappa shape index (κ1) is 13.8. The average Bonchev–Trinajstić information content (AvgIpc) is 3.01. The summed E-state index contributed by atoms with van der Waals surface area (Å²) >= 11 is 0. The second-order valence-corrected chi connectivity index (χ2v) is 7.21. The van der Waals surface area contributed by atoms with Crippen molar-refractivity contribution in [1.29, 1.82) is 0 Å². The van der Waals surface area contributed by atoms with Crippen LogP contribution in [0.3, 0.4) is 0 Å². The molecule has 3 heteroatoms. The zero-order valence-corrected chi connectivity index (χ0v) is 12.7. The number of hydrogen-bond donors (Lipinski definition) is 0. The SMILES string of the molecule is CCOCOc1cccc2c([S+]3CCCC3)cccc12. The van der Waals surface area contributed by atoms with E-state index in [2.05, 4.69) is 30.3 Å². The molecular formula is C17H21O2S+. The monoisotopic (exact) mass is 289 g/mol. The van der Waals surface area contributed by atoms with Crippen molar-refractivity contribution in [2.24, 2.45) is 0 Å². The van der Waals surface area contributed by atoms with Gasteiger partial charge in [-0.2, -0.15) is 0 Å². The van der Waals surface area contributed by atoms with Crippen LogP contribution in [0.5, 0.6) is 5.75 Å². The molecule has 2 nitrogen and oxygen atoms in total. The molecule has 1 aliphatic heterocycles. The first-order chi connectivity index (χ1) is 9.90. The highest BCUT2D eigenvalue weighted by Crippen LogP contribution is 2.33. The van der Waals surface area contributed by atoms with Crippen molar-refractivity contribution in [3.63, 3.8) is 0 Å². The van der Waals surface area contributed by atoms with Crippen molar-refractivity contribution in [1.82, 2.24) is 0 Å². The zero-order chi connectivity index (χ0) is 13.8. The molecule has 0 atom stereocenters. The Balaban J connectivity index is 1.95. The quantitative estimate of drug-likeness (QED) is 0.471. The number of ether oxygens (including phenoxy) is 2. The van der Waals surface area contributed by atoms with Crippen LogP contribution in [-0.2, 0) is 15.6 Å². The van der Waals surface area contributed by atoms with E-state index in [1.54, 1.807) is 0 Å². The van der Waals surface area contributed by atoms with Crippen LogP contribution in [0.1, 0.15) is 19.8 Å². The molecule has 0 spiro atoms. The molecule has 1 fully saturated rings. The van der Waals surface area contributed by atoms with Crippen LogP contribution in [0, 0.1) is 0 Å². The van der Waals surface area contributed by atoms with Gasteiger partial charge in [-0.15, -0.1) is 0 Å². The molecule has 0 bridgehead atoms. The van der Waals surface area contributed by atoms with E-state index in [0.29, 0.717) is 24.3 Å². The Labute approximate surface area is 123 Å². The topological polar surface area (TPSA) is 18.5 Å². The maximum Gasteiger partial charge on any atom is 0.189 e. The standard InChI is InChI=1S/C17H21O2S/c1-2-18-13-19-16-9-5-8-15-14(16)7-6-10-17(15)20-11-3-4-12-20/h5-10H,2-4,11-13H2,1H3/q+1. The molecule has 1 saturated heterocycles. The maximum atomic E-state index is 5.76. The minimum atomic E-state index is 0.325. The third kappa shape index (κ3) is 2.79. The Morgan fingerprint density at radius 1 is 1.00 bits per heavy atom. The highest BCUT2D eigenvalue weighted by atomic mass is 32.2. The molecule has 1 heterocycles. The Morgan fingerprint density at radius 2 is 1.75 bits per heavy atom. The molecule has 0 saturated carbocycles. The number of fused-ring (bicyclic) bond motifs is 1. The van der Waals surface area contributed by atoms with Crippen molar-refractivity contribution >= 4 is 21.7 Å².